The van der Waals surface area contributed by atoms with Crippen LogP contribution in [0.5, 0.6) is 0 Å². The van der Waals surface area contributed by atoms with E-state index in [0.29, 0.717) is 0 Å². The van der Waals surface area contributed by atoms with Crippen molar-refractivity contribution < 1.29 is 0 Å². The van der Waals surface area contributed by atoms with E-state index >= 15 is 0 Å². The molecule has 0 unspecified atom stereocenters. The van der Waals surface area contributed by atoms with Crippen molar-refractivity contribution in [2.24, 2.45) is 0 Å². The molecule has 0 radical (unpaired) electrons. The second-order valence-corrected chi connectivity index (χ2v) is 7.81. The third kappa shape index (κ3) is 3.10. The third-order valence-corrected chi connectivity index (χ3v) is 6.04. The minimum Gasteiger partial charge on any atom is -0.353 e. The van der Waals surface area contributed by atoms with Crippen molar-refractivity contribution in [3.05, 3.63) is 65.9 Å². The first-order chi connectivity index (χ1) is 13.8. The smallest absolute Gasteiger partial charge is 0.141 e. The molecule has 0 atom stereocenters. The number of benzene rings is 1. The van der Waals surface area contributed by atoms with Gasteiger partial charge in [-0.3, -0.25) is 0 Å². The van der Waals surface area contributed by atoms with Crippen LogP contribution in [-0.2, 0) is 0 Å². The van der Waals surface area contributed by atoms with Gasteiger partial charge in [-0.05, 0) is 24.6 Å². The number of anilines is 2. The SMILES string of the molecule is Cc1nc(N2CCN(c3ccccn3)CC2)c2c(-c3ccccc3)csc2n1. The summed E-state index contributed by atoms with van der Waals surface area (Å²) in [5.41, 5.74) is 2.44. The lowest BCUT2D eigenvalue weighted by atomic mass is 10.1. The van der Waals surface area contributed by atoms with Crippen LogP contribution >= 0.6 is 11.3 Å². The largest absolute Gasteiger partial charge is 0.353 e. The minimum atomic E-state index is 0.830. The number of aromatic nitrogens is 3. The highest BCUT2D eigenvalue weighted by Gasteiger charge is 2.23. The zero-order valence-electron chi connectivity index (χ0n) is 15.7. The second-order valence-electron chi connectivity index (χ2n) is 6.95. The molecule has 0 spiro atoms. The van der Waals surface area contributed by atoms with E-state index in [4.69, 9.17) is 9.97 Å². The molecule has 1 fully saturated rings. The van der Waals surface area contributed by atoms with Gasteiger partial charge in [-0.15, -0.1) is 11.3 Å². The predicted octanol–water partition coefficient (Wildman–Crippen LogP) is 4.39. The average Bonchev–Trinajstić information content (AvgIpc) is 3.18. The predicted molar refractivity (Wildman–Crippen MR) is 116 cm³/mol. The van der Waals surface area contributed by atoms with Gasteiger partial charge in [0.15, 0.2) is 0 Å². The average molecular weight is 388 g/mol. The number of nitrogens with zero attached hydrogens (tertiary/aromatic N) is 5. The van der Waals surface area contributed by atoms with Gasteiger partial charge in [-0.2, -0.15) is 0 Å². The highest BCUT2D eigenvalue weighted by atomic mass is 32.1. The highest BCUT2D eigenvalue weighted by Crippen LogP contribution is 2.38. The summed E-state index contributed by atoms with van der Waals surface area (Å²) in [6, 6.07) is 16.6. The monoisotopic (exact) mass is 387 g/mol. The zero-order valence-corrected chi connectivity index (χ0v) is 16.6. The molecule has 1 aliphatic heterocycles. The molecular weight excluding hydrogens is 366 g/mol. The van der Waals surface area contributed by atoms with Crippen LogP contribution < -0.4 is 9.80 Å². The van der Waals surface area contributed by atoms with Gasteiger partial charge in [0.25, 0.3) is 0 Å². The molecule has 3 aromatic heterocycles. The molecule has 6 heteroatoms. The molecule has 1 aromatic carbocycles. The molecule has 0 saturated carbocycles. The zero-order chi connectivity index (χ0) is 18.9. The Labute approximate surface area is 168 Å². The van der Waals surface area contributed by atoms with Crippen molar-refractivity contribution in [1.82, 2.24) is 15.0 Å². The first-order valence-electron chi connectivity index (χ1n) is 9.52. The lowest BCUT2D eigenvalue weighted by Crippen LogP contribution is -2.47. The van der Waals surface area contributed by atoms with E-state index < -0.39 is 0 Å². The molecule has 28 heavy (non-hydrogen) atoms. The first-order valence-corrected chi connectivity index (χ1v) is 10.4. The van der Waals surface area contributed by atoms with Gasteiger partial charge in [0, 0.05) is 43.3 Å². The Morgan fingerprint density at radius 2 is 1.61 bits per heavy atom. The number of thiophene rings is 1. The van der Waals surface area contributed by atoms with Gasteiger partial charge in [-0.25, -0.2) is 15.0 Å². The summed E-state index contributed by atoms with van der Waals surface area (Å²) in [4.78, 5) is 19.9. The third-order valence-electron chi connectivity index (χ3n) is 5.16. The number of piperazine rings is 1. The lowest BCUT2D eigenvalue weighted by molar-refractivity contribution is 0.642. The summed E-state index contributed by atoms with van der Waals surface area (Å²) in [6.07, 6.45) is 1.86. The number of fused-ring (bicyclic) bond motifs is 1. The molecule has 0 aliphatic carbocycles. The van der Waals surface area contributed by atoms with Gasteiger partial charge in [-0.1, -0.05) is 36.4 Å². The molecule has 140 valence electrons. The fourth-order valence-electron chi connectivity index (χ4n) is 3.77. The standard InChI is InChI=1S/C22H21N5S/c1-16-24-21(27-13-11-26(12-14-27)19-9-5-6-10-23-19)20-18(15-28-22(20)25-16)17-7-3-2-4-8-17/h2-10,15H,11-14H2,1H3. The quantitative estimate of drug-likeness (QED) is 0.522. The van der Waals surface area contributed by atoms with Crippen molar-refractivity contribution in [3.63, 3.8) is 0 Å². The Hall–Kier alpha value is -2.99. The molecule has 5 nitrogen and oxygen atoms in total. The van der Waals surface area contributed by atoms with E-state index in [9.17, 15) is 0 Å². The van der Waals surface area contributed by atoms with Crippen molar-refractivity contribution in [3.8, 4) is 11.1 Å². The van der Waals surface area contributed by atoms with Crippen molar-refractivity contribution >= 4 is 33.2 Å². The summed E-state index contributed by atoms with van der Waals surface area (Å²) in [5, 5.41) is 3.38. The van der Waals surface area contributed by atoms with Crippen LogP contribution in [0.3, 0.4) is 0 Å². The fraction of sp³-hybridized carbons (Fsp3) is 0.227. The van der Waals surface area contributed by atoms with E-state index in [1.54, 1.807) is 11.3 Å². The summed E-state index contributed by atoms with van der Waals surface area (Å²) in [5.74, 6) is 2.94. The maximum atomic E-state index is 4.87. The van der Waals surface area contributed by atoms with Crippen LogP contribution in [0.4, 0.5) is 11.6 Å². The minimum absolute atomic E-state index is 0.830. The molecule has 4 aromatic rings. The van der Waals surface area contributed by atoms with Crippen LogP contribution in [0.25, 0.3) is 21.3 Å². The number of hydrogen-bond donors (Lipinski definition) is 0. The molecule has 5 rings (SSSR count). The normalized spacial score (nSPS) is 14.6. The number of aryl methyl sites for hydroxylation is 1. The Morgan fingerprint density at radius 1 is 0.857 bits per heavy atom. The number of rotatable bonds is 3. The van der Waals surface area contributed by atoms with Gasteiger partial charge >= 0.3 is 0 Å². The molecule has 0 amide bonds. The molecular formula is C22H21N5S. The summed E-state index contributed by atoms with van der Waals surface area (Å²) < 4.78 is 0. The van der Waals surface area contributed by atoms with Crippen LogP contribution in [0.2, 0.25) is 0 Å². The van der Waals surface area contributed by atoms with E-state index in [0.717, 1.165) is 48.5 Å². The van der Waals surface area contributed by atoms with Crippen molar-refractivity contribution in [2.45, 2.75) is 6.92 Å². The van der Waals surface area contributed by atoms with Gasteiger partial charge < -0.3 is 9.80 Å². The highest BCUT2D eigenvalue weighted by molar-refractivity contribution is 7.17. The first kappa shape index (κ1) is 17.1. The number of hydrogen-bond acceptors (Lipinski definition) is 6. The van der Waals surface area contributed by atoms with Crippen molar-refractivity contribution in [1.29, 1.82) is 0 Å². The lowest BCUT2D eigenvalue weighted by Gasteiger charge is -2.36. The molecule has 1 saturated heterocycles. The Kier molecular flexibility index (Phi) is 4.41. The molecule has 4 heterocycles. The topological polar surface area (TPSA) is 45.2 Å². The van der Waals surface area contributed by atoms with Gasteiger partial charge in [0.05, 0.1) is 5.39 Å². The number of pyridine rings is 1. The Balaban J connectivity index is 1.50. The summed E-state index contributed by atoms with van der Waals surface area (Å²) >= 11 is 1.70. The Morgan fingerprint density at radius 3 is 2.36 bits per heavy atom. The second kappa shape index (κ2) is 7.20. The van der Waals surface area contributed by atoms with E-state index in [-0.39, 0.29) is 0 Å². The Bertz CT molecular complexity index is 1090. The van der Waals surface area contributed by atoms with E-state index in [1.165, 1.54) is 16.5 Å². The van der Waals surface area contributed by atoms with Gasteiger partial charge in [0.1, 0.15) is 22.3 Å². The van der Waals surface area contributed by atoms with Crippen molar-refractivity contribution in [2.75, 3.05) is 36.0 Å². The molecule has 0 bridgehead atoms. The fourth-order valence-corrected chi connectivity index (χ4v) is 4.76. The van der Waals surface area contributed by atoms with Crippen LogP contribution in [0.15, 0.2) is 60.1 Å². The summed E-state index contributed by atoms with van der Waals surface area (Å²) in [6.45, 7) is 5.70. The molecule has 0 N–H and O–H groups in total. The maximum Gasteiger partial charge on any atom is 0.141 e. The van der Waals surface area contributed by atoms with E-state index in [1.807, 2.05) is 25.3 Å². The van der Waals surface area contributed by atoms with Crippen LogP contribution in [-0.4, -0.2) is 41.1 Å². The maximum absolute atomic E-state index is 4.87. The van der Waals surface area contributed by atoms with E-state index in [2.05, 4.69) is 56.6 Å². The summed E-state index contributed by atoms with van der Waals surface area (Å²) in [7, 11) is 0. The molecule has 1 aliphatic rings. The van der Waals surface area contributed by atoms with Crippen LogP contribution in [0.1, 0.15) is 5.82 Å². The van der Waals surface area contributed by atoms with Gasteiger partial charge in [0.2, 0.25) is 0 Å². The van der Waals surface area contributed by atoms with Crippen LogP contribution in [0, 0.1) is 6.92 Å².